The second-order valence-electron chi connectivity index (χ2n) is 4.42. The minimum atomic E-state index is -0.382. The molecule has 0 aliphatic carbocycles. The van der Waals surface area contributed by atoms with Crippen LogP contribution in [0.3, 0.4) is 0 Å². The first-order valence-electron chi connectivity index (χ1n) is 5.95. The van der Waals surface area contributed by atoms with E-state index in [2.05, 4.69) is 0 Å². The summed E-state index contributed by atoms with van der Waals surface area (Å²) in [5, 5.41) is 9.25. The summed E-state index contributed by atoms with van der Waals surface area (Å²) in [6.07, 6.45) is 0. The van der Waals surface area contributed by atoms with Crippen LogP contribution in [0.15, 0.2) is 42.5 Å². The summed E-state index contributed by atoms with van der Waals surface area (Å²) in [5.41, 5.74) is 2.06. The van der Waals surface area contributed by atoms with Gasteiger partial charge in [-0.15, -0.1) is 0 Å². The quantitative estimate of drug-likeness (QED) is 0.916. The van der Waals surface area contributed by atoms with Crippen molar-refractivity contribution in [3.8, 4) is 0 Å². The Morgan fingerprint density at radius 3 is 2.47 bits per heavy atom. The third-order valence-electron chi connectivity index (χ3n) is 2.93. The first-order chi connectivity index (χ1) is 9.10. The molecular formula is C15H15F2NO. The van der Waals surface area contributed by atoms with E-state index >= 15 is 0 Å². The van der Waals surface area contributed by atoms with Crippen molar-refractivity contribution in [2.24, 2.45) is 0 Å². The molecule has 0 aliphatic rings. The highest BCUT2D eigenvalue weighted by molar-refractivity contribution is 5.53. The molecule has 0 aromatic heterocycles. The number of hydrogen-bond acceptors (Lipinski definition) is 2. The molecule has 0 unspecified atom stereocenters. The number of rotatable bonds is 4. The molecule has 0 bridgehead atoms. The van der Waals surface area contributed by atoms with Gasteiger partial charge in [0.05, 0.1) is 6.61 Å². The van der Waals surface area contributed by atoms with Gasteiger partial charge in [0, 0.05) is 24.8 Å². The molecule has 2 aromatic carbocycles. The Bertz CT molecular complexity index is 572. The SMILES string of the molecule is CN(Cc1cccc(F)c1)c1ccc(F)cc1CO. The second-order valence-corrected chi connectivity index (χ2v) is 4.42. The van der Waals surface area contributed by atoms with E-state index in [1.807, 2.05) is 18.0 Å². The molecule has 2 aromatic rings. The van der Waals surface area contributed by atoms with Gasteiger partial charge in [-0.2, -0.15) is 0 Å². The molecule has 100 valence electrons. The van der Waals surface area contributed by atoms with E-state index in [4.69, 9.17) is 0 Å². The summed E-state index contributed by atoms with van der Waals surface area (Å²) in [6, 6.07) is 10.6. The van der Waals surface area contributed by atoms with E-state index in [0.717, 1.165) is 11.3 Å². The lowest BCUT2D eigenvalue weighted by atomic mass is 10.1. The maximum Gasteiger partial charge on any atom is 0.123 e. The molecule has 0 atom stereocenters. The zero-order valence-electron chi connectivity index (χ0n) is 10.6. The highest BCUT2D eigenvalue weighted by Crippen LogP contribution is 2.22. The summed E-state index contributed by atoms with van der Waals surface area (Å²) < 4.78 is 26.2. The van der Waals surface area contributed by atoms with Crippen molar-refractivity contribution in [3.05, 3.63) is 65.2 Å². The molecule has 0 saturated carbocycles. The maximum absolute atomic E-state index is 13.1. The molecule has 0 amide bonds. The monoisotopic (exact) mass is 263 g/mol. The highest BCUT2D eigenvalue weighted by Gasteiger charge is 2.09. The Labute approximate surface area is 110 Å². The smallest absolute Gasteiger partial charge is 0.123 e. The minimum Gasteiger partial charge on any atom is -0.392 e. The first kappa shape index (κ1) is 13.5. The van der Waals surface area contributed by atoms with Gasteiger partial charge in [-0.3, -0.25) is 0 Å². The molecule has 0 saturated heterocycles. The largest absolute Gasteiger partial charge is 0.392 e. The van der Waals surface area contributed by atoms with E-state index in [1.54, 1.807) is 12.1 Å². The van der Waals surface area contributed by atoms with Crippen molar-refractivity contribution < 1.29 is 13.9 Å². The van der Waals surface area contributed by atoms with Gasteiger partial charge in [-0.1, -0.05) is 12.1 Å². The Kier molecular flexibility index (Phi) is 4.12. The fraction of sp³-hybridized carbons (Fsp3) is 0.200. The third kappa shape index (κ3) is 3.29. The molecule has 0 aliphatic heterocycles. The molecule has 0 radical (unpaired) electrons. The molecule has 4 heteroatoms. The van der Waals surface area contributed by atoms with Gasteiger partial charge >= 0.3 is 0 Å². The molecule has 0 fully saturated rings. The second kappa shape index (κ2) is 5.80. The van der Waals surface area contributed by atoms with Crippen LogP contribution in [0.2, 0.25) is 0 Å². The average molecular weight is 263 g/mol. The van der Waals surface area contributed by atoms with Crippen LogP contribution < -0.4 is 4.90 Å². The third-order valence-corrected chi connectivity index (χ3v) is 2.93. The summed E-state index contributed by atoms with van der Waals surface area (Å²) in [4.78, 5) is 1.85. The van der Waals surface area contributed by atoms with Gasteiger partial charge in [0.15, 0.2) is 0 Å². The Morgan fingerprint density at radius 2 is 1.79 bits per heavy atom. The van der Waals surface area contributed by atoms with Gasteiger partial charge < -0.3 is 10.0 Å². The van der Waals surface area contributed by atoms with Crippen molar-refractivity contribution in [1.29, 1.82) is 0 Å². The summed E-state index contributed by atoms with van der Waals surface area (Å²) >= 11 is 0. The van der Waals surface area contributed by atoms with Crippen LogP contribution in [0.5, 0.6) is 0 Å². The summed E-state index contributed by atoms with van der Waals surface area (Å²) in [5.74, 6) is -0.667. The van der Waals surface area contributed by atoms with Crippen molar-refractivity contribution in [3.63, 3.8) is 0 Å². The zero-order valence-corrected chi connectivity index (χ0v) is 10.6. The van der Waals surface area contributed by atoms with Gasteiger partial charge in [0.2, 0.25) is 0 Å². The van der Waals surface area contributed by atoms with E-state index in [-0.39, 0.29) is 18.2 Å². The molecule has 19 heavy (non-hydrogen) atoms. The van der Waals surface area contributed by atoms with Crippen LogP contribution in [0.25, 0.3) is 0 Å². The molecule has 2 nitrogen and oxygen atoms in total. The Hall–Kier alpha value is -1.94. The van der Waals surface area contributed by atoms with Crippen molar-refractivity contribution in [2.45, 2.75) is 13.2 Å². The van der Waals surface area contributed by atoms with Gasteiger partial charge in [-0.25, -0.2) is 8.78 Å². The van der Waals surface area contributed by atoms with Gasteiger partial charge in [0.1, 0.15) is 11.6 Å². The van der Waals surface area contributed by atoms with Crippen molar-refractivity contribution in [2.75, 3.05) is 11.9 Å². The lowest BCUT2D eigenvalue weighted by molar-refractivity contribution is 0.281. The minimum absolute atomic E-state index is 0.236. The topological polar surface area (TPSA) is 23.5 Å². The lowest BCUT2D eigenvalue weighted by Gasteiger charge is -2.22. The fourth-order valence-electron chi connectivity index (χ4n) is 2.05. The zero-order chi connectivity index (χ0) is 13.8. The standard InChI is InChI=1S/C15H15F2NO/c1-18(9-11-3-2-4-13(16)7-11)15-6-5-14(17)8-12(15)10-19/h2-8,19H,9-10H2,1H3. The first-order valence-corrected chi connectivity index (χ1v) is 5.95. The number of hydrogen-bond donors (Lipinski definition) is 1. The van der Waals surface area contributed by atoms with E-state index < -0.39 is 0 Å². The molecule has 0 spiro atoms. The normalized spacial score (nSPS) is 10.5. The van der Waals surface area contributed by atoms with Crippen LogP contribution >= 0.6 is 0 Å². The molecular weight excluding hydrogens is 248 g/mol. The predicted molar refractivity (Wildman–Crippen MR) is 70.8 cm³/mol. The lowest BCUT2D eigenvalue weighted by Crippen LogP contribution is -2.18. The number of halogens is 2. The Morgan fingerprint density at radius 1 is 1.05 bits per heavy atom. The maximum atomic E-state index is 13.1. The average Bonchev–Trinajstić information content (AvgIpc) is 2.38. The number of aliphatic hydroxyl groups excluding tert-OH is 1. The van der Waals surface area contributed by atoms with Crippen LogP contribution in [0, 0.1) is 11.6 Å². The number of benzene rings is 2. The number of aliphatic hydroxyl groups is 1. The summed E-state index contributed by atoms with van der Waals surface area (Å²) in [7, 11) is 1.82. The fourth-order valence-corrected chi connectivity index (χ4v) is 2.05. The van der Waals surface area contributed by atoms with Crippen molar-refractivity contribution in [1.82, 2.24) is 0 Å². The van der Waals surface area contributed by atoms with Crippen molar-refractivity contribution >= 4 is 5.69 Å². The highest BCUT2D eigenvalue weighted by atomic mass is 19.1. The van der Waals surface area contributed by atoms with E-state index in [0.29, 0.717) is 12.1 Å². The molecule has 0 heterocycles. The van der Waals surface area contributed by atoms with Crippen LogP contribution in [0.1, 0.15) is 11.1 Å². The van der Waals surface area contributed by atoms with Gasteiger partial charge in [-0.05, 0) is 35.9 Å². The van der Waals surface area contributed by atoms with Crippen LogP contribution in [-0.4, -0.2) is 12.2 Å². The molecule has 2 rings (SSSR count). The van der Waals surface area contributed by atoms with E-state index in [1.165, 1.54) is 24.3 Å². The Balaban J connectivity index is 2.22. The van der Waals surface area contributed by atoms with Crippen LogP contribution in [-0.2, 0) is 13.2 Å². The predicted octanol–water partition coefficient (Wildman–Crippen LogP) is 3.09. The van der Waals surface area contributed by atoms with E-state index in [9.17, 15) is 13.9 Å². The number of anilines is 1. The molecule has 1 N–H and O–H groups in total. The van der Waals surface area contributed by atoms with Crippen LogP contribution in [0.4, 0.5) is 14.5 Å². The number of nitrogens with zero attached hydrogens (tertiary/aromatic N) is 1. The van der Waals surface area contributed by atoms with Gasteiger partial charge in [0.25, 0.3) is 0 Å². The summed E-state index contributed by atoms with van der Waals surface area (Å²) in [6.45, 7) is 0.247.